The Morgan fingerprint density at radius 2 is 2.22 bits per heavy atom. The number of anilines is 1. The molecule has 0 fully saturated rings. The van der Waals surface area contributed by atoms with Crippen molar-refractivity contribution in [2.24, 2.45) is 0 Å². The molecule has 1 heterocycles. The number of rotatable bonds is 3. The highest BCUT2D eigenvalue weighted by Gasteiger charge is 2.09. The van der Waals surface area contributed by atoms with E-state index in [-0.39, 0.29) is 12.6 Å². The number of carbonyl (C=O) groups excluding carboxylic acids is 1. The zero-order valence-electron chi connectivity index (χ0n) is 10.3. The molecule has 0 radical (unpaired) electrons. The molecule has 0 atom stereocenters. The number of nitrogen functional groups attached to an aromatic ring is 1. The summed E-state index contributed by atoms with van der Waals surface area (Å²) in [6.07, 6.45) is 0. The normalized spacial score (nSPS) is 10.3. The van der Waals surface area contributed by atoms with E-state index >= 15 is 0 Å². The average Bonchev–Trinajstić information content (AvgIpc) is 2.75. The van der Waals surface area contributed by atoms with Gasteiger partial charge >= 0.3 is 5.97 Å². The SMILES string of the molecule is Cc1csc(COC(=O)c2ccc(N)c(C)c2)n1. The molecule has 2 aromatic rings. The fourth-order valence-corrected chi connectivity index (χ4v) is 2.17. The van der Waals surface area contributed by atoms with Gasteiger partial charge in [-0.15, -0.1) is 11.3 Å². The zero-order valence-corrected chi connectivity index (χ0v) is 11.1. The second-order valence-electron chi connectivity index (χ2n) is 4.03. The number of nitrogens with zero attached hydrogens (tertiary/aromatic N) is 1. The molecule has 1 aromatic carbocycles. The lowest BCUT2D eigenvalue weighted by Crippen LogP contribution is -2.06. The van der Waals surface area contributed by atoms with Crippen molar-refractivity contribution in [2.45, 2.75) is 20.5 Å². The Morgan fingerprint density at radius 3 is 2.83 bits per heavy atom. The highest BCUT2D eigenvalue weighted by atomic mass is 32.1. The van der Waals surface area contributed by atoms with E-state index in [4.69, 9.17) is 10.5 Å². The molecule has 0 unspecified atom stereocenters. The van der Waals surface area contributed by atoms with E-state index in [9.17, 15) is 4.79 Å². The third-order valence-electron chi connectivity index (χ3n) is 2.50. The Balaban J connectivity index is 2.01. The Morgan fingerprint density at radius 1 is 1.44 bits per heavy atom. The van der Waals surface area contributed by atoms with Crippen LogP contribution in [0.15, 0.2) is 23.6 Å². The first kappa shape index (κ1) is 12.6. The van der Waals surface area contributed by atoms with Crippen molar-refractivity contribution in [1.29, 1.82) is 0 Å². The maximum atomic E-state index is 11.8. The summed E-state index contributed by atoms with van der Waals surface area (Å²) in [4.78, 5) is 16.0. The van der Waals surface area contributed by atoms with Crippen LogP contribution in [0, 0.1) is 13.8 Å². The first-order valence-corrected chi connectivity index (χ1v) is 6.38. The largest absolute Gasteiger partial charge is 0.455 e. The summed E-state index contributed by atoms with van der Waals surface area (Å²) in [5.41, 5.74) is 8.68. The Labute approximate surface area is 109 Å². The fraction of sp³-hybridized carbons (Fsp3) is 0.231. The van der Waals surface area contributed by atoms with Crippen LogP contribution in [-0.4, -0.2) is 11.0 Å². The maximum Gasteiger partial charge on any atom is 0.338 e. The van der Waals surface area contributed by atoms with Gasteiger partial charge in [-0.25, -0.2) is 9.78 Å². The topological polar surface area (TPSA) is 65.2 Å². The number of hydrogen-bond acceptors (Lipinski definition) is 5. The van der Waals surface area contributed by atoms with Crippen molar-refractivity contribution in [3.8, 4) is 0 Å². The average molecular weight is 262 g/mol. The number of hydrogen-bond donors (Lipinski definition) is 1. The van der Waals surface area contributed by atoms with Crippen molar-refractivity contribution in [1.82, 2.24) is 4.98 Å². The van der Waals surface area contributed by atoms with Gasteiger partial charge in [0, 0.05) is 16.8 Å². The number of aromatic nitrogens is 1. The van der Waals surface area contributed by atoms with Gasteiger partial charge in [0.05, 0.1) is 5.56 Å². The molecule has 0 aliphatic heterocycles. The molecule has 0 aliphatic rings. The highest BCUT2D eigenvalue weighted by Crippen LogP contribution is 2.15. The molecule has 4 nitrogen and oxygen atoms in total. The Bertz CT molecular complexity index is 578. The van der Waals surface area contributed by atoms with Gasteiger partial charge in [-0.3, -0.25) is 0 Å². The van der Waals surface area contributed by atoms with Crippen LogP contribution in [0.1, 0.15) is 26.6 Å². The third kappa shape index (κ3) is 2.87. The van der Waals surface area contributed by atoms with Crippen LogP contribution in [0.5, 0.6) is 0 Å². The summed E-state index contributed by atoms with van der Waals surface area (Å²) >= 11 is 1.48. The summed E-state index contributed by atoms with van der Waals surface area (Å²) in [7, 11) is 0. The minimum Gasteiger partial charge on any atom is -0.455 e. The molecule has 0 spiro atoms. The van der Waals surface area contributed by atoms with Crippen LogP contribution in [0.2, 0.25) is 0 Å². The molecule has 2 rings (SSSR count). The van der Waals surface area contributed by atoms with Crippen LogP contribution in [0.25, 0.3) is 0 Å². The van der Waals surface area contributed by atoms with Crippen LogP contribution in [0.3, 0.4) is 0 Å². The minimum atomic E-state index is -0.356. The van der Waals surface area contributed by atoms with E-state index in [0.29, 0.717) is 11.3 Å². The lowest BCUT2D eigenvalue weighted by Gasteiger charge is -2.05. The van der Waals surface area contributed by atoms with Crippen molar-refractivity contribution >= 4 is 23.0 Å². The van der Waals surface area contributed by atoms with E-state index < -0.39 is 0 Å². The molecule has 0 saturated heterocycles. The van der Waals surface area contributed by atoms with E-state index in [0.717, 1.165) is 16.3 Å². The number of aryl methyl sites for hydroxylation is 2. The Kier molecular flexibility index (Phi) is 3.62. The monoisotopic (exact) mass is 262 g/mol. The van der Waals surface area contributed by atoms with E-state index in [2.05, 4.69) is 4.98 Å². The predicted molar refractivity (Wildman–Crippen MR) is 71.6 cm³/mol. The first-order valence-electron chi connectivity index (χ1n) is 5.50. The van der Waals surface area contributed by atoms with Gasteiger partial charge in [0.15, 0.2) is 0 Å². The number of carbonyl (C=O) groups is 1. The number of thiazole rings is 1. The van der Waals surface area contributed by atoms with Crippen LogP contribution < -0.4 is 5.73 Å². The van der Waals surface area contributed by atoms with Crippen LogP contribution >= 0.6 is 11.3 Å². The number of benzene rings is 1. The quantitative estimate of drug-likeness (QED) is 0.682. The molecule has 0 amide bonds. The third-order valence-corrected chi connectivity index (χ3v) is 3.44. The molecular formula is C13H14N2O2S. The van der Waals surface area contributed by atoms with Gasteiger partial charge in [-0.1, -0.05) is 0 Å². The van der Waals surface area contributed by atoms with Crippen molar-refractivity contribution in [3.63, 3.8) is 0 Å². The molecular weight excluding hydrogens is 248 g/mol. The predicted octanol–water partition coefficient (Wildman–Crippen LogP) is 2.70. The van der Waals surface area contributed by atoms with Gasteiger partial charge in [-0.2, -0.15) is 0 Å². The fourth-order valence-electron chi connectivity index (χ4n) is 1.48. The zero-order chi connectivity index (χ0) is 13.1. The molecule has 94 valence electrons. The van der Waals surface area contributed by atoms with E-state index in [1.165, 1.54) is 11.3 Å². The van der Waals surface area contributed by atoms with Gasteiger partial charge < -0.3 is 10.5 Å². The van der Waals surface area contributed by atoms with Crippen molar-refractivity contribution in [2.75, 3.05) is 5.73 Å². The number of esters is 1. The lowest BCUT2D eigenvalue weighted by molar-refractivity contribution is 0.0472. The molecule has 0 aliphatic carbocycles. The summed E-state index contributed by atoms with van der Waals surface area (Å²) in [6, 6.07) is 5.10. The van der Waals surface area contributed by atoms with Gasteiger partial charge in [-0.05, 0) is 37.6 Å². The molecule has 2 N–H and O–H groups in total. The molecule has 0 bridgehead atoms. The van der Waals surface area contributed by atoms with E-state index in [1.807, 2.05) is 19.2 Å². The summed E-state index contributed by atoms with van der Waals surface area (Å²) in [5, 5.41) is 2.73. The number of ether oxygens (including phenoxy) is 1. The highest BCUT2D eigenvalue weighted by molar-refractivity contribution is 7.09. The summed E-state index contributed by atoms with van der Waals surface area (Å²) < 4.78 is 5.19. The second-order valence-corrected chi connectivity index (χ2v) is 4.97. The van der Waals surface area contributed by atoms with Crippen LogP contribution in [0.4, 0.5) is 5.69 Å². The molecule has 5 heteroatoms. The maximum absolute atomic E-state index is 11.8. The van der Waals surface area contributed by atoms with Crippen molar-refractivity contribution < 1.29 is 9.53 Å². The molecule has 18 heavy (non-hydrogen) atoms. The molecule has 0 saturated carbocycles. The van der Waals surface area contributed by atoms with Gasteiger partial charge in [0.25, 0.3) is 0 Å². The van der Waals surface area contributed by atoms with Crippen LogP contribution in [-0.2, 0) is 11.3 Å². The van der Waals surface area contributed by atoms with Crippen molar-refractivity contribution in [3.05, 3.63) is 45.4 Å². The number of nitrogens with two attached hydrogens (primary N) is 1. The lowest BCUT2D eigenvalue weighted by atomic mass is 10.1. The first-order chi connectivity index (χ1) is 8.56. The minimum absolute atomic E-state index is 0.209. The Hall–Kier alpha value is -1.88. The van der Waals surface area contributed by atoms with E-state index in [1.54, 1.807) is 18.2 Å². The van der Waals surface area contributed by atoms with Gasteiger partial charge in [0.2, 0.25) is 0 Å². The van der Waals surface area contributed by atoms with Gasteiger partial charge in [0.1, 0.15) is 11.6 Å². The molecule has 1 aromatic heterocycles. The summed E-state index contributed by atoms with van der Waals surface area (Å²) in [6.45, 7) is 3.97. The second kappa shape index (κ2) is 5.18. The standard InChI is InChI=1S/C13H14N2O2S/c1-8-5-10(3-4-11(8)14)13(16)17-6-12-15-9(2)7-18-12/h3-5,7H,6,14H2,1-2H3. The smallest absolute Gasteiger partial charge is 0.338 e. The summed E-state index contributed by atoms with van der Waals surface area (Å²) in [5.74, 6) is -0.356.